The molecule has 0 radical (unpaired) electrons. The van der Waals surface area contributed by atoms with Crippen LogP contribution in [0.3, 0.4) is 0 Å². The van der Waals surface area contributed by atoms with Gasteiger partial charge in [0.15, 0.2) is 0 Å². The molecule has 3 aromatic rings. The van der Waals surface area contributed by atoms with Crippen LogP contribution >= 0.6 is 11.3 Å². The van der Waals surface area contributed by atoms with Gasteiger partial charge in [-0.3, -0.25) is 0 Å². The number of hydrogen-bond acceptors (Lipinski definition) is 6. The van der Waals surface area contributed by atoms with Crippen LogP contribution in [0.2, 0.25) is 0 Å². The Bertz CT molecular complexity index is 855. The smallest absolute Gasteiger partial charge is 0.340 e. The molecule has 3 rings (SSSR count). The van der Waals surface area contributed by atoms with E-state index in [2.05, 4.69) is 4.98 Å². The molecule has 0 N–H and O–H groups in total. The summed E-state index contributed by atoms with van der Waals surface area (Å²) in [6.45, 7) is 0. The third-order valence-corrected chi connectivity index (χ3v) is 4.50. The molecule has 118 valence electrons. The molecule has 0 aliphatic rings. The predicted molar refractivity (Wildman–Crippen MR) is 89.5 cm³/mol. The molecule has 0 unspecified atom stereocenters. The molecule has 0 saturated heterocycles. The average molecular weight is 329 g/mol. The zero-order valence-corrected chi connectivity index (χ0v) is 13.8. The van der Waals surface area contributed by atoms with Gasteiger partial charge in [-0.15, -0.1) is 11.3 Å². The van der Waals surface area contributed by atoms with E-state index < -0.39 is 5.97 Å². The lowest BCUT2D eigenvalue weighted by atomic mass is 10.2. The van der Waals surface area contributed by atoms with Gasteiger partial charge >= 0.3 is 5.97 Å². The maximum absolute atomic E-state index is 12.0. The quantitative estimate of drug-likeness (QED) is 0.682. The van der Waals surface area contributed by atoms with E-state index in [0.29, 0.717) is 16.8 Å². The molecule has 0 amide bonds. The van der Waals surface area contributed by atoms with Crippen molar-refractivity contribution in [3.63, 3.8) is 0 Å². The van der Waals surface area contributed by atoms with Crippen LogP contribution in [-0.4, -0.2) is 32.3 Å². The number of thiazole rings is 1. The standard InChI is InChI=1S/C17H15NO4S/c1-20-11-6-4-10(5-7-11)16-18-15-13(17(19)22-3)8-12(21-2)9-14(15)23-16/h4-9H,1-3H3. The Hall–Kier alpha value is -2.60. The van der Waals surface area contributed by atoms with Crippen LogP contribution in [-0.2, 0) is 4.74 Å². The Morgan fingerprint density at radius 3 is 2.30 bits per heavy atom. The number of esters is 1. The van der Waals surface area contributed by atoms with Gasteiger partial charge in [-0.25, -0.2) is 9.78 Å². The van der Waals surface area contributed by atoms with Gasteiger partial charge < -0.3 is 14.2 Å². The molecule has 23 heavy (non-hydrogen) atoms. The van der Waals surface area contributed by atoms with Crippen LogP contribution in [0.5, 0.6) is 11.5 Å². The molecule has 0 atom stereocenters. The highest BCUT2D eigenvalue weighted by Crippen LogP contribution is 2.35. The number of benzene rings is 2. The fourth-order valence-electron chi connectivity index (χ4n) is 2.24. The summed E-state index contributed by atoms with van der Waals surface area (Å²) in [5.74, 6) is 0.954. The molecule has 1 heterocycles. The van der Waals surface area contributed by atoms with Crippen molar-refractivity contribution in [2.45, 2.75) is 0 Å². The van der Waals surface area contributed by atoms with Gasteiger partial charge in [0.1, 0.15) is 16.5 Å². The third kappa shape index (κ3) is 2.85. The van der Waals surface area contributed by atoms with Crippen molar-refractivity contribution < 1.29 is 19.0 Å². The van der Waals surface area contributed by atoms with Crippen LogP contribution < -0.4 is 9.47 Å². The normalized spacial score (nSPS) is 10.6. The van der Waals surface area contributed by atoms with Gasteiger partial charge in [-0.05, 0) is 36.4 Å². The summed E-state index contributed by atoms with van der Waals surface area (Å²) in [5, 5.41) is 0.820. The van der Waals surface area contributed by atoms with E-state index in [1.54, 1.807) is 20.3 Å². The van der Waals surface area contributed by atoms with E-state index >= 15 is 0 Å². The van der Waals surface area contributed by atoms with E-state index in [1.807, 2.05) is 30.3 Å². The van der Waals surface area contributed by atoms with Gasteiger partial charge in [0.25, 0.3) is 0 Å². The average Bonchev–Trinajstić information content (AvgIpc) is 3.04. The van der Waals surface area contributed by atoms with E-state index in [9.17, 15) is 4.79 Å². The lowest BCUT2D eigenvalue weighted by Crippen LogP contribution is -2.02. The summed E-state index contributed by atoms with van der Waals surface area (Å²) >= 11 is 1.50. The van der Waals surface area contributed by atoms with Crippen molar-refractivity contribution in [2.24, 2.45) is 0 Å². The largest absolute Gasteiger partial charge is 0.497 e. The molecule has 2 aromatic carbocycles. The maximum Gasteiger partial charge on any atom is 0.340 e. The monoisotopic (exact) mass is 329 g/mol. The lowest BCUT2D eigenvalue weighted by Gasteiger charge is -2.04. The Labute approximate surface area is 137 Å². The van der Waals surface area contributed by atoms with Crippen LogP contribution in [0, 0.1) is 0 Å². The molecule has 1 aromatic heterocycles. The second-order valence-corrected chi connectivity index (χ2v) is 5.79. The molecule has 0 saturated carbocycles. The van der Waals surface area contributed by atoms with Crippen LogP contribution in [0.15, 0.2) is 36.4 Å². The zero-order chi connectivity index (χ0) is 16.4. The summed E-state index contributed by atoms with van der Waals surface area (Å²) in [6.07, 6.45) is 0. The van der Waals surface area contributed by atoms with Crippen LogP contribution in [0.4, 0.5) is 0 Å². The van der Waals surface area contributed by atoms with Crippen molar-refractivity contribution in [3.05, 3.63) is 42.0 Å². The highest BCUT2D eigenvalue weighted by atomic mass is 32.1. The molecule has 0 fully saturated rings. The van der Waals surface area contributed by atoms with Crippen molar-refractivity contribution in [1.82, 2.24) is 4.98 Å². The Kier molecular flexibility index (Phi) is 4.16. The Morgan fingerprint density at radius 1 is 1.00 bits per heavy atom. The summed E-state index contributed by atoms with van der Waals surface area (Å²) in [7, 11) is 4.54. The van der Waals surface area contributed by atoms with Gasteiger partial charge in [-0.2, -0.15) is 0 Å². The molecular weight excluding hydrogens is 314 g/mol. The molecule has 0 bridgehead atoms. The highest BCUT2D eigenvalue weighted by molar-refractivity contribution is 7.21. The minimum absolute atomic E-state index is 0.401. The number of carbonyl (C=O) groups excluding carboxylic acids is 1. The van der Waals surface area contributed by atoms with Crippen molar-refractivity contribution in [2.75, 3.05) is 21.3 Å². The van der Waals surface area contributed by atoms with Gasteiger partial charge in [0.2, 0.25) is 0 Å². The summed E-state index contributed by atoms with van der Waals surface area (Å²) in [5.41, 5.74) is 1.98. The Balaban J connectivity index is 2.14. The molecular formula is C17H15NO4S. The van der Waals surface area contributed by atoms with Crippen LogP contribution in [0.1, 0.15) is 10.4 Å². The highest BCUT2D eigenvalue weighted by Gasteiger charge is 2.17. The number of ether oxygens (including phenoxy) is 3. The van der Waals surface area contributed by atoms with E-state index in [4.69, 9.17) is 14.2 Å². The first kappa shape index (κ1) is 15.3. The SMILES string of the molecule is COC(=O)c1cc(OC)cc2sc(-c3ccc(OC)cc3)nc12. The molecule has 6 heteroatoms. The van der Waals surface area contributed by atoms with Crippen LogP contribution in [0.25, 0.3) is 20.8 Å². The minimum atomic E-state index is -0.430. The minimum Gasteiger partial charge on any atom is -0.497 e. The first-order valence-electron chi connectivity index (χ1n) is 6.87. The number of aromatic nitrogens is 1. The maximum atomic E-state index is 12.0. The predicted octanol–water partition coefficient (Wildman–Crippen LogP) is 3.77. The van der Waals surface area contributed by atoms with Crippen molar-refractivity contribution >= 4 is 27.5 Å². The molecule has 0 aliphatic heterocycles. The number of carbonyl (C=O) groups is 1. The van der Waals surface area contributed by atoms with E-state index in [-0.39, 0.29) is 0 Å². The van der Waals surface area contributed by atoms with Gasteiger partial charge in [-0.1, -0.05) is 0 Å². The van der Waals surface area contributed by atoms with Crippen molar-refractivity contribution in [1.29, 1.82) is 0 Å². The number of methoxy groups -OCH3 is 3. The fourth-order valence-corrected chi connectivity index (χ4v) is 3.27. The molecule has 0 aliphatic carbocycles. The van der Waals surface area contributed by atoms with E-state index in [1.165, 1.54) is 18.4 Å². The fraction of sp³-hybridized carbons (Fsp3) is 0.176. The molecule has 5 nitrogen and oxygen atoms in total. The van der Waals surface area contributed by atoms with Crippen molar-refractivity contribution in [3.8, 4) is 22.1 Å². The number of fused-ring (bicyclic) bond motifs is 1. The number of hydrogen-bond donors (Lipinski definition) is 0. The Morgan fingerprint density at radius 2 is 1.70 bits per heavy atom. The topological polar surface area (TPSA) is 57.7 Å². The second-order valence-electron chi connectivity index (χ2n) is 4.76. The lowest BCUT2D eigenvalue weighted by molar-refractivity contribution is 0.0602. The second kappa shape index (κ2) is 6.26. The summed E-state index contributed by atoms with van der Waals surface area (Å²) in [4.78, 5) is 16.6. The van der Waals surface area contributed by atoms with Gasteiger partial charge in [0.05, 0.1) is 37.1 Å². The number of nitrogens with zero attached hydrogens (tertiary/aromatic N) is 1. The summed E-state index contributed by atoms with van der Waals surface area (Å²) < 4.78 is 16.1. The third-order valence-electron chi connectivity index (χ3n) is 3.45. The first-order chi connectivity index (χ1) is 11.2. The molecule has 0 spiro atoms. The van der Waals surface area contributed by atoms with E-state index in [0.717, 1.165) is 21.0 Å². The van der Waals surface area contributed by atoms with Gasteiger partial charge in [0, 0.05) is 5.56 Å². The zero-order valence-electron chi connectivity index (χ0n) is 13.0. The first-order valence-corrected chi connectivity index (χ1v) is 7.69. The number of rotatable bonds is 4. The summed E-state index contributed by atoms with van der Waals surface area (Å²) in [6, 6.07) is 11.1.